The molecule has 326 valence electrons. The summed E-state index contributed by atoms with van der Waals surface area (Å²) in [7, 11) is 0. The standard InChI is InChI=1S/C59H55N7/c1-36(2)40-23-27-42(28-24-40)55-62-56(43-29-25-41(26-30-43)37(3)4)64-57(63-55)48-33-49(65-53-21-11-9-19-51(53)60-58(65)46-17-13-15-44(31-46)38(5)6)35-50(34-48)66-54-22-12-10-20-52(54)61-59(66)47-18-14-16-45(32-47)39(7)8/h9-39H,1-8H3. The molecule has 0 spiro atoms. The molecule has 0 saturated heterocycles. The van der Waals surface area contributed by atoms with Crippen LogP contribution in [0.15, 0.2) is 164 Å². The van der Waals surface area contributed by atoms with E-state index >= 15 is 0 Å². The minimum atomic E-state index is 0.357. The highest BCUT2D eigenvalue weighted by Crippen LogP contribution is 2.37. The van der Waals surface area contributed by atoms with Crippen LogP contribution in [0.1, 0.15) is 101 Å². The molecular weight excluding hydrogens is 807 g/mol. The van der Waals surface area contributed by atoms with E-state index in [1.807, 2.05) is 0 Å². The van der Waals surface area contributed by atoms with Crippen LogP contribution >= 0.6 is 0 Å². The van der Waals surface area contributed by atoms with Crippen molar-refractivity contribution in [2.45, 2.75) is 79.1 Å². The molecule has 0 bridgehead atoms. The lowest BCUT2D eigenvalue weighted by Crippen LogP contribution is -2.05. The molecule has 0 unspecified atom stereocenters. The molecule has 0 radical (unpaired) electrons. The van der Waals surface area contributed by atoms with Crippen LogP contribution < -0.4 is 0 Å². The van der Waals surface area contributed by atoms with Gasteiger partial charge in [0.1, 0.15) is 11.6 Å². The van der Waals surface area contributed by atoms with E-state index in [0.29, 0.717) is 41.1 Å². The lowest BCUT2D eigenvalue weighted by Gasteiger charge is -2.17. The molecule has 3 aromatic heterocycles. The van der Waals surface area contributed by atoms with Crippen molar-refractivity contribution in [1.29, 1.82) is 0 Å². The Morgan fingerprint density at radius 3 is 1.08 bits per heavy atom. The zero-order valence-corrected chi connectivity index (χ0v) is 39.0. The average molecular weight is 862 g/mol. The number of hydrogen-bond acceptors (Lipinski definition) is 5. The number of aromatic nitrogens is 7. The molecule has 0 amide bonds. The average Bonchev–Trinajstić information content (AvgIpc) is 3.94. The van der Waals surface area contributed by atoms with E-state index in [4.69, 9.17) is 24.9 Å². The third kappa shape index (κ3) is 8.11. The molecule has 0 fully saturated rings. The van der Waals surface area contributed by atoms with Crippen molar-refractivity contribution in [2.75, 3.05) is 0 Å². The third-order valence-corrected chi connectivity index (χ3v) is 12.7. The van der Waals surface area contributed by atoms with Gasteiger partial charge in [0.25, 0.3) is 0 Å². The van der Waals surface area contributed by atoms with E-state index in [1.54, 1.807) is 0 Å². The number of para-hydroxylation sites is 4. The van der Waals surface area contributed by atoms with Gasteiger partial charge in [-0.3, -0.25) is 9.13 Å². The SMILES string of the molecule is CC(C)c1ccc(-c2nc(-c3ccc(C(C)C)cc3)nc(-c3cc(-n4c(-c5cccc(C(C)C)c5)nc5ccccc54)cc(-n4c(-c5cccc(C(C)C)c5)nc5ccccc54)c3)n2)cc1. The Bertz CT molecular complexity index is 3150. The monoisotopic (exact) mass is 861 g/mol. The Morgan fingerprint density at radius 1 is 0.303 bits per heavy atom. The van der Waals surface area contributed by atoms with Gasteiger partial charge in [0, 0.05) is 27.8 Å². The van der Waals surface area contributed by atoms with Crippen LogP contribution in [-0.2, 0) is 0 Å². The van der Waals surface area contributed by atoms with Gasteiger partial charge in [-0.15, -0.1) is 0 Å². The molecule has 0 saturated carbocycles. The van der Waals surface area contributed by atoms with Gasteiger partial charge in [0.15, 0.2) is 17.5 Å². The van der Waals surface area contributed by atoms with Gasteiger partial charge in [-0.2, -0.15) is 0 Å². The summed E-state index contributed by atoms with van der Waals surface area (Å²) in [5.41, 5.74) is 15.5. The Morgan fingerprint density at radius 2 is 0.682 bits per heavy atom. The van der Waals surface area contributed by atoms with Crippen LogP contribution in [0.4, 0.5) is 0 Å². The van der Waals surface area contributed by atoms with Gasteiger partial charge >= 0.3 is 0 Å². The van der Waals surface area contributed by atoms with Crippen molar-refractivity contribution in [3.8, 4) is 68.3 Å². The van der Waals surface area contributed by atoms with Crippen molar-refractivity contribution in [1.82, 2.24) is 34.1 Å². The van der Waals surface area contributed by atoms with Gasteiger partial charge in [-0.1, -0.05) is 165 Å². The molecule has 10 aromatic rings. The first-order chi connectivity index (χ1) is 32.0. The number of nitrogens with zero attached hydrogens (tertiary/aromatic N) is 7. The normalized spacial score (nSPS) is 11.9. The zero-order valence-electron chi connectivity index (χ0n) is 39.0. The quantitative estimate of drug-likeness (QED) is 0.129. The maximum atomic E-state index is 5.34. The number of benzene rings is 7. The number of rotatable bonds is 11. The lowest BCUT2D eigenvalue weighted by atomic mass is 10.0. The molecular formula is C59H55N7. The Balaban J connectivity index is 1.28. The summed E-state index contributed by atoms with van der Waals surface area (Å²) in [6, 6.07) is 58.2. The summed E-state index contributed by atoms with van der Waals surface area (Å²) in [6.07, 6.45) is 0. The van der Waals surface area contributed by atoms with Crippen molar-refractivity contribution in [3.05, 3.63) is 186 Å². The largest absolute Gasteiger partial charge is 0.292 e. The Labute approximate surface area is 388 Å². The molecule has 0 N–H and O–H groups in total. The molecule has 3 heterocycles. The van der Waals surface area contributed by atoms with Crippen LogP contribution in [-0.4, -0.2) is 34.1 Å². The van der Waals surface area contributed by atoms with Crippen LogP contribution in [0.5, 0.6) is 0 Å². The molecule has 0 aliphatic rings. The number of fused-ring (bicyclic) bond motifs is 2. The van der Waals surface area contributed by atoms with Gasteiger partial charge < -0.3 is 0 Å². The fourth-order valence-electron chi connectivity index (χ4n) is 8.82. The van der Waals surface area contributed by atoms with Crippen molar-refractivity contribution >= 4 is 22.1 Å². The number of hydrogen-bond donors (Lipinski definition) is 0. The predicted molar refractivity (Wildman–Crippen MR) is 273 cm³/mol. The summed E-state index contributed by atoms with van der Waals surface area (Å²) in [4.78, 5) is 26.5. The molecule has 0 aliphatic heterocycles. The predicted octanol–water partition coefficient (Wildman–Crippen LogP) is 15.4. The molecule has 7 aromatic carbocycles. The highest BCUT2D eigenvalue weighted by atomic mass is 15.1. The van der Waals surface area contributed by atoms with Gasteiger partial charge in [0.2, 0.25) is 0 Å². The maximum Gasteiger partial charge on any atom is 0.164 e. The molecule has 0 aliphatic carbocycles. The maximum absolute atomic E-state index is 5.34. The minimum Gasteiger partial charge on any atom is -0.292 e. The van der Waals surface area contributed by atoms with Gasteiger partial charge in [0.05, 0.1) is 33.4 Å². The first-order valence-corrected chi connectivity index (χ1v) is 23.3. The molecule has 0 atom stereocenters. The van der Waals surface area contributed by atoms with Crippen molar-refractivity contribution in [2.24, 2.45) is 0 Å². The Hall–Kier alpha value is -7.51. The van der Waals surface area contributed by atoms with Crippen LogP contribution in [0, 0.1) is 0 Å². The van der Waals surface area contributed by atoms with Gasteiger partial charge in [-0.25, -0.2) is 24.9 Å². The molecule has 10 rings (SSSR count). The second-order valence-corrected chi connectivity index (χ2v) is 18.7. The van der Waals surface area contributed by atoms with E-state index in [1.165, 1.54) is 22.3 Å². The topological polar surface area (TPSA) is 74.3 Å². The molecule has 66 heavy (non-hydrogen) atoms. The number of imidazole rings is 2. The lowest BCUT2D eigenvalue weighted by molar-refractivity contribution is 0.866. The summed E-state index contributed by atoms with van der Waals surface area (Å²) in [5.74, 6) is 5.03. The highest BCUT2D eigenvalue weighted by Gasteiger charge is 2.22. The van der Waals surface area contributed by atoms with E-state index in [2.05, 4.69) is 228 Å². The first kappa shape index (κ1) is 42.4. The summed E-state index contributed by atoms with van der Waals surface area (Å²) >= 11 is 0. The molecule has 7 nitrogen and oxygen atoms in total. The highest BCUT2D eigenvalue weighted by molar-refractivity contribution is 5.87. The van der Waals surface area contributed by atoms with E-state index in [0.717, 1.165) is 72.9 Å². The van der Waals surface area contributed by atoms with Crippen LogP contribution in [0.2, 0.25) is 0 Å². The van der Waals surface area contributed by atoms with Crippen molar-refractivity contribution < 1.29 is 0 Å². The van der Waals surface area contributed by atoms with E-state index < -0.39 is 0 Å². The molecule has 7 heteroatoms. The van der Waals surface area contributed by atoms with Crippen LogP contribution in [0.3, 0.4) is 0 Å². The Kier molecular flexibility index (Phi) is 11.2. The van der Waals surface area contributed by atoms with E-state index in [9.17, 15) is 0 Å². The smallest absolute Gasteiger partial charge is 0.164 e. The summed E-state index contributed by atoms with van der Waals surface area (Å²) in [5, 5.41) is 0. The fraction of sp³-hybridized carbons (Fsp3) is 0.203. The third-order valence-electron chi connectivity index (χ3n) is 12.7. The summed E-state index contributed by atoms with van der Waals surface area (Å²) in [6.45, 7) is 17.8. The zero-order chi connectivity index (χ0) is 45.6. The minimum absolute atomic E-state index is 0.357. The van der Waals surface area contributed by atoms with Gasteiger partial charge in [-0.05, 0) is 101 Å². The second-order valence-electron chi connectivity index (χ2n) is 18.7. The van der Waals surface area contributed by atoms with Crippen LogP contribution in [0.25, 0.3) is 90.4 Å². The van der Waals surface area contributed by atoms with E-state index in [-0.39, 0.29) is 0 Å². The summed E-state index contributed by atoms with van der Waals surface area (Å²) < 4.78 is 4.58. The van der Waals surface area contributed by atoms with Crippen molar-refractivity contribution in [3.63, 3.8) is 0 Å². The fourth-order valence-corrected chi connectivity index (χ4v) is 8.82. The first-order valence-electron chi connectivity index (χ1n) is 23.3. The second kappa shape index (κ2) is 17.5.